The number of carbonyl (C=O) groups excluding carboxylic acids is 3. The lowest BCUT2D eigenvalue weighted by atomic mass is 10.1. The van der Waals surface area contributed by atoms with Crippen molar-refractivity contribution < 1.29 is 28.6 Å². The molecule has 0 aliphatic heterocycles. The van der Waals surface area contributed by atoms with E-state index in [2.05, 4.69) is 81.5 Å². The highest BCUT2D eigenvalue weighted by atomic mass is 16.6. The highest BCUT2D eigenvalue weighted by Gasteiger charge is 2.19. The van der Waals surface area contributed by atoms with Gasteiger partial charge in [0, 0.05) is 19.3 Å². The topological polar surface area (TPSA) is 78.9 Å². The number of hydrogen-bond acceptors (Lipinski definition) is 6. The zero-order chi connectivity index (χ0) is 43.7. The van der Waals surface area contributed by atoms with E-state index >= 15 is 0 Å². The largest absolute Gasteiger partial charge is 0.462 e. The van der Waals surface area contributed by atoms with Crippen molar-refractivity contribution >= 4 is 17.9 Å². The molecule has 0 amide bonds. The van der Waals surface area contributed by atoms with Crippen molar-refractivity contribution in [2.75, 3.05) is 13.2 Å². The van der Waals surface area contributed by atoms with Gasteiger partial charge < -0.3 is 14.2 Å². The van der Waals surface area contributed by atoms with Gasteiger partial charge in [-0.1, -0.05) is 197 Å². The Kier molecular flexibility index (Phi) is 46.4. The number of esters is 3. The summed E-state index contributed by atoms with van der Waals surface area (Å²) < 4.78 is 16.7. The summed E-state index contributed by atoms with van der Waals surface area (Å²) in [5.41, 5.74) is 0. The third kappa shape index (κ3) is 46.2. The molecule has 0 saturated carbocycles. The fraction of sp³-hybridized carbons (Fsp3) is 0.759. The van der Waals surface area contributed by atoms with E-state index in [1.807, 2.05) is 0 Å². The number of ether oxygens (including phenoxy) is 3. The number of hydrogen-bond donors (Lipinski definition) is 0. The molecule has 0 aromatic carbocycles. The van der Waals surface area contributed by atoms with Crippen molar-refractivity contribution in [1.82, 2.24) is 0 Å². The van der Waals surface area contributed by atoms with Gasteiger partial charge in [0.05, 0.1) is 0 Å². The van der Waals surface area contributed by atoms with Crippen molar-refractivity contribution in [2.24, 2.45) is 0 Å². The SMILES string of the molecule is CCCC/C=C\C=C/CCCCCC(=O)OCC(COC(=O)CCCCCCCCCCCC/C=C\C=C/CCCCC)OC(=O)CCCCCCC/C=C\CCCCC. The Bertz CT molecular complexity index is 1100. The average molecular weight is 839 g/mol. The van der Waals surface area contributed by atoms with Crippen molar-refractivity contribution in [3.8, 4) is 0 Å². The molecule has 0 bridgehead atoms. The summed E-state index contributed by atoms with van der Waals surface area (Å²) in [5, 5.41) is 0. The molecule has 6 nitrogen and oxygen atoms in total. The van der Waals surface area contributed by atoms with Gasteiger partial charge in [0.25, 0.3) is 0 Å². The Morgan fingerprint density at radius 3 is 1.00 bits per heavy atom. The molecule has 0 radical (unpaired) electrons. The summed E-state index contributed by atoms with van der Waals surface area (Å²) in [6.45, 7) is 6.50. The highest BCUT2D eigenvalue weighted by molar-refractivity contribution is 5.71. The second-order valence-electron chi connectivity index (χ2n) is 16.8. The van der Waals surface area contributed by atoms with E-state index in [1.54, 1.807) is 0 Å². The fourth-order valence-electron chi connectivity index (χ4n) is 6.87. The number of unbranched alkanes of at least 4 members (excludes halogenated alkanes) is 26. The van der Waals surface area contributed by atoms with Gasteiger partial charge in [-0.15, -0.1) is 0 Å². The molecule has 60 heavy (non-hydrogen) atoms. The third-order valence-corrected chi connectivity index (χ3v) is 10.8. The predicted octanol–water partition coefficient (Wildman–Crippen LogP) is 16.5. The first-order chi connectivity index (χ1) is 29.5. The van der Waals surface area contributed by atoms with Gasteiger partial charge in [0.1, 0.15) is 13.2 Å². The van der Waals surface area contributed by atoms with E-state index in [1.165, 1.54) is 122 Å². The third-order valence-electron chi connectivity index (χ3n) is 10.8. The number of allylic oxidation sites excluding steroid dienone is 10. The lowest BCUT2D eigenvalue weighted by Gasteiger charge is -2.18. The summed E-state index contributed by atoms with van der Waals surface area (Å²) in [7, 11) is 0. The average Bonchev–Trinajstić information content (AvgIpc) is 3.24. The normalized spacial score (nSPS) is 12.5. The van der Waals surface area contributed by atoms with E-state index < -0.39 is 6.10 Å². The summed E-state index contributed by atoms with van der Waals surface area (Å²) in [4.78, 5) is 37.9. The van der Waals surface area contributed by atoms with Crippen LogP contribution in [0.1, 0.15) is 245 Å². The summed E-state index contributed by atoms with van der Waals surface area (Å²) in [5.74, 6) is -0.928. The Hall–Kier alpha value is -2.89. The molecule has 0 fully saturated rings. The Morgan fingerprint density at radius 1 is 0.333 bits per heavy atom. The maximum absolute atomic E-state index is 12.7. The van der Waals surface area contributed by atoms with E-state index in [9.17, 15) is 14.4 Å². The molecule has 1 atom stereocenters. The molecule has 0 spiro atoms. The first-order valence-corrected chi connectivity index (χ1v) is 25.3. The van der Waals surface area contributed by atoms with Crippen LogP contribution in [0.2, 0.25) is 0 Å². The molecule has 0 N–H and O–H groups in total. The van der Waals surface area contributed by atoms with Crippen LogP contribution in [0, 0.1) is 0 Å². The minimum absolute atomic E-state index is 0.0878. The minimum atomic E-state index is -0.788. The van der Waals surface area contributed by atoms with Gasteiger partial charge in [-0.25, -0.2) is 0 Å². The van der Waals surface area contributed by atoms with E-state index in [0.29, 0.717) is 19.3 Å². The van der Waals surface area contributed by atoms with Crippen molar-refractivity contribution in [3.63, 3.8) is 0 Å². The summed E-state index contributed by atoms with van der Waals surface area (Å²) >= 11 is 0. The van der Waals surface area contributed by atoms with Gasteiger partial charge in [0.15, 0.2) is 6.10 Å². The van der Waals surface area contributed by atoms with E-state index in [-0.39, 0.29) is 31.1 Å². The maximum Gasteiger partial charge on any atom is 0.306 e. The molecular formula is C54H94O6. The molecule has 0 rings (SSSR count). The number of carbonyl (C=O) groups is 3. The van der Waals surface area contributed by atoms with Crippen LogP contribution in [0.4, 0.5) is 0 Å². The molecule has 6 heteroatoms. The van der Waals surface area contributed by atoms with Crippen LogP contribution in [-0.4, -0.2) is 37.2 Å². The highest BCUT2D eigenvalue weighted by Crippen LogP contribution is 2.14. The summed E-state index contributed by atoms with van der Waals surface area (Å²) in [6.07, 6.45) is 59.2. The van der Waals surface area contributed by atoms with Crippen LogP contribution in [0.25, 0.3) is 0 Å². The van der Waals surface area contributed by atoms with Crippen molar-refractivity contribution in [3.05, 3.63) is 60.8 Å². The minimum Gasteiger partial charge on any atom is -0.462 e. The Morgan fingerprint density at radius 2 is 0.617 bits per heavy atom. The molecule has 0 saturated heterocycles. The standard InChI is InChI=1S/C54H94O6/c1-4-7-10-13-16-19-22-24-25-26-27-28-29-30-33-35-38-41-44-47-53(56)59-50-51(49-58-52(55)46-43-40-37-34-31-21-18-15-12-9-6-3)60-54(57)48-45-42-39-36-32-23-20-17-14-11-8-5-2/h15-22,24,31,51H,4-14,23,25-30,32-50H2,1-3H3/b18-15-,19-16-,20-17-,24-22-,31-21-. The molecule has 0 heterocycles. The zero-order valence-corrected chi connectivity index (χ0v) is 39.5. The summed E-state index contributed by atoms with van der Waals surface area (Å²) in [6, 6.07) is 0. The quantitative estimate of drug-likeness (QED) is 0.0200. The molecule has 0 aliphatic rings. The zero-order valence-electron chi connectivity index (χ0n) is 39.5. The van der Waals surface area contributed by atoms with Gasteiger partial charge >= 0.3 is 17.9 Å². The molecule has 0 aliphatic carbocycles. The molecule has 346 valence electrons. The number of rotatable bonds is 45. The van der Waals surface area contributed by atoms with E-state index in [4.69, 9.17) is 14.2 Å². The van der Waals surface area contributed by atoms with Gasteiger partial charge in [0.2, 0.25) is 0 Å². The Labute approximate surface area is 370 Å². The van der Waals surface area contributed by atoms with Crippen molar-refractivity contribution in [1.29, 1.82) is 0 Å². The first kappa shape index (κ1) is 57.1. The van der Waals surface area contributed by atoms with Crippen molar-refractivity contribution in [2.45, 2.75) is 252 Å². The van der Waals surface area contributed by atoms with Crippen LogP contribution in [0.3, 0.4) is 0 Å². The second kappa shape index (κ2) is 48.8. The predicted molar refractivity (Wildman–Crippen MR) is 256 cm³/mol. The Balaban J connectivity index is 4.35. The lowest BCUT2D eigenvalue weighted by molar-refractivity contribution is -0.167. The van der Waals surface area contributed by atoms with Crippen LogP contribution >= 0.6 is 0 Å². The molecule has 1 unspecified atom stereocenters. The smallest absolute Gasteiger partial charge is 0.306 e. The van der Waals surface area contributed by atoms with Crippen LogP contribution in [0.5, 0.6) is 0 Å². The van der Waals surface area contributed by atoms with Gasteiger partial charge in [-0.2, -0.15) is 0 Å². The van der Waals surface area contributed by atoms with E-state index in [0.717, 1.165) is 83.5 Å². The van der Waals surface area contributed by atoms with Gasteiger partial charge in [-0.05, 0) is 89.9 Å². The lowest BCUT2D eigenvalue weighted by Crippen LogP contribution is -2.30. The van der Waals surface area contributed by atoms with Crippen LogP contribution < -0.4 is 0 Å². The molecule has 0 aromatic rings. The fourth-order valence-corrected chi connectivity index (χ4v) is 6.87. The molecular weight excluding hydrogens is 745 g/mol. The maximum atomic E-state index is 12.7. The van der Waals surface area contributed by atoms with Crippen LogP contribution in [0.15, 0.2) is 60.8 Å². The van der Waals surface area contributed by atoms with Gasteiger partial charge in [-0.3, -0.25) is 14.4 Å². The molecule has 0 aromatic heterocycles. The monoisotopic (exact) mass is 839 g/mol. The van der Waals surface area contributed by atoms with Crippen LogP contribution in [-0.2, 0) is 28.6 Å². The second-order valence-corrected chi connectivity index (χ2v) is 16.8. The first-order valence-electron chi connectivity index (χ1n) is 25.3.